The molecule has 0 aliphatic carbocycles. The molecule has 0 bridgehead atoms. The van der Waals surface area contributed by atoms with E-state index in [4.69, 9.17) is 10.00 Å². The first kappa shape index (κ1) is 13.9. The van der Waals surface area contributed by atoms with Crippen LogP contribution in [0.3, 0.4) is 0 Å². The van der Waals surface area contributed by atoms with E-state index in [1.54, 1.807) is 12.1 Å². The lowest BCUT2D eigenvalue weighted by Gasteiger charge is -2.15. The molecule has 0 N–H and O–H groups in total. The highest BCUT2D eigenvalue weighted by Crippen LogP contribution is 2.19. The molecule has 1 saturated heterocycles. The Hall–Kier alpha value is -1.53. The zero-order valence-electron chi connectivity index (χ0n) is 11.6. The smallest absolute Gasteiger partial charge is 0.120 e. The molecule has 0 saturated carbocycles. The molecule has 3 nitrogen and oxygen atoms in total. The van der Waals surface area contributed by atoms with Crippen molar-refractivity contribution in [2.45, 2.75) is 26.2 Å². The maximum atomic E-state index is 8.81. The van der Waals surface area contributed by atoms with Gasteiger partial charge in [-0.25, -0.2) is 0 Å². The van der Waals surface area contributed by atoms with E-state index in [2.05, 4.69) is 17.9 Å². The van der Waals surface area contributed by atoms with Crippen LogP contribution in [0, 0.1) is 17.2 Å². The van der Waals surface area contributed by atoms with E-state index in [-0.39, 0.29) is 0 Å². The molecule has 1 aliphatic rings. The second kappa shape index (κ2) is 7.16. The van der Waals surface area contributed by atoms with Crippen LogP contribution in [0.4, 0.5) is 0 Å². The molecule has 1 fully saturated rings. The second-order valence-corrected chi connectivity index (χ2v) is 5.21. The highest BCUT2D eigenvalue weighted by Gasteiger charge is 2.19. The summed E-state index contributed by atoms with van der Waals surface area (Å²) in [6.45, 7) is 6.61. The van der Waals surface area contributed by atoms with Crippen molar-refractivity contribution in [3.05, 3.63) is 29.8 Å². The fraction of sp³-hybridized carbons (Fsp3) is 0.562. The first-order valence-electron chi connectivity index (χ1n) is 7.17. The van der Waals surface area contributed by atoms with Gasteiger partial charge in [0.05, 0.1) is 18.2 Å². The van der Waals surface area contributed by atoms with Crippen LogP contribution in [0.5, 0.6) is 5.75 Å². The average molecular weight is 258 g/mol. The Balaban J connectivity index is 1.65. The average Bonchev–Trinajstić information content (AvgIpc) is 2.92. The largest absolute Gasteiger partial charge is 0.494 e. The molecule has 2 rings (SSSR count). The van der Waals surface area contributed by atoms with Crippen LogP contribution in [0.1, 0.15) is 31.7 Å². The van der Waals surface area contributed by atoms with Gasteiger partial charge in [0.2, 0.25) is 0 Å². The molecule has 1 aromatic rings. The zero-order valence-corrected chi connectivity index (χ0v) is 11.6. The summed E-state index contributed by atoms with van der Waals surface area (Å²) < 4.78 is 5.68. The number of likely N-dealkylation sites (tertiary alicyclic amines) is 1. The van der Waals surface area contributed by atoms with Crippen LogP contribution in [0.15, 0.2) is 24.3 Å². The Bertz CT molecular complexity index is 439. The highest BCUT2D eigenvalue weighted by molar-refractivity contribution is 5.36. The summed E-state index contributed by atoms with van der Waals surface area (Å²) in [4.78, 5) is 2.53. The Labute approximate surface area is 115 Å². The third-order valence-corrected chi connectivity index (χ3v) is 3.80. The lowest BCUT2D eigenvalue weighted by Crippen LogP contribution is -2.23. The number of benzene rings is 1. The van der Waals surface area contributed by atoms with Gasteiger partial charge >= 0.3 is 0 Å². The summed E-state index contributed by atoms with van der Waals surface area (Å²) in [6.07, 6.45) is 3.70. The number of nitrogens with zero attached hydrogens (tertiary/aromatic N) is 2. The Morgan fingerprint density at radius 3 is 3.11 bits per heavy atom. The first-order chi connectivity index (χ1) is 9.31. The van der Waals surface area contributed by atoms with Gasteiger partial charge in [0.25, 0.3) is 0 Å². The van der Waals surface area contributed by atoms with Gasteiger partial charge in [-0.05, 0) is 43.5 Å². The fourth-order valence-corrected chi connectivity index (χ4v) is 2.58. The second-order valence-electron chi connectivity index (χ2n) is 5.21. The maximum Gasteiger partial charge on any atom is 0.120 e. The van der Waals surface area contributed by atoms with E-state index in [1.165, 1.54) is 25.9 Å². The van der Waals surface area contributed by atoms with Gasteiger partial charge < -0.3 is 9.64 Å². The van der Waals surface area contributed by atoms with Crippen LogP contribution >= 0.6 is 0 Å². The van der Waals surface area contributed by atoms with Gasteiger partial charge in [0.1, 0.15) is 5.75 Å². The molecule has 1 heterocycles. The van der Waals surface area contributed by atoms with E-state index in [0.717, 1.165) is 31.2 Å². The van der Waals surface area contributed by atoms with Crippen molar-refractivity contribution in [1.29, 1.82) is 5.26 Å². The molecule has 1 aromatic carbocycles. The van der Waals surface area contributed by atoms with Crippen molar-refractivity contribution in [3.63, 3.8) is 0 Å². The summed E-state index contributed by atoms with van der Waals surface area (Å²) in [7, 11) is 0. The molecule has 3 heteroatoms. The summed E-state index contributed by atoms with van der Waals surface area (Å²) in [5.41, 5.74) is 0.655. The molecular formula is C16H22N2O. The lowest BCUT2D eigenvalue weighted by atomic mass is 10.1. The summed E-state index contributed by atoms with van der Waals surface area (Å²) in [6, 6.07) is 9.48. The highest BCUT2D eigenvalue weighted by atomic mass is 16.5. The minimum absolute atomic E-state index is 0.655. The molecular weight excluding hydrogens is 236 g/mol. The molecule has 0 aromatic heterocycles. The van der Waals surface area contributed by atoms with Crippen molar-refractivity contribution in [2.75, 3.05) is 26.2 Å². The van der Waals surface area contributed by atoms with E-state index in [0.29, 0.717) is 5.56 Å². The van der Waals surface area contributed by atoms with Gasteiger partial charge in [-0.1, -0.05) is 19.4 Å². The van der Waals surface area contributed by atoms with E-state index in [1.807, 2.05) is 12.1 Å². The number of rotatable bonds is 6. The quantitative estimate of drug-likeness (QED) is 0.736. The predicted molar refractivity (Wildman–Crippen MR) is 76.1 cm³/mol. The Kier molecular flexibility index (Phi) is 5.23. The van der Waals surface area contributed by atoms with Crippen LogP contribution in [0.2, 0.25) is 0 Å². The normalized spacial score (nSPS) is 19.3. The van der Waals surface area contributed by atoms with Gasteiger partial charge in [-0.2, -0.15) is 5.26 Å². The molecule has 1 atom stereocenters. The molecule has 102 valence electrons. The van der Waals surface area contributed by atoms with Crippen molar-refractivity contribution in [2.24, 2.45) is 5.92 Å². The van der Waals surface area contributed by atoms with Gasteiger partial charge in [0, 0.05) is 13.1 Å². The van der Waals surface area contributed by atoms with Crippen LogP contribution < -0.4 is 4.74 Å². The third kappa shape index (κ3) is 4.25. The van der Waals surface area contributed by atoms with Crippen molar-refractivity contribution in [1.82, 2.24) is 4.90 Å². The molecule has 0 radical (unpaired) electrons. The maximum absolute atomic E-state index is 8.81. The van der Waals surface area contributed by atoms with Gasteiger partial charge in [-0.15, -0.1) is 0 Å². The zero-order chi connectivity index (χ0) is 13.5. The van der Waals surface area contributed by atoms with Crippen LogP contribution in [-0.4, -0.2) is 31.1 Å². The standard InChI is InChI=1S/C16H22N2O/c1-2-14-7-9-18(13-14)8-4-10-19-16-6-3-5-15(11-16)12-17/h3,5-6,11,14H,2,4,7-10,13H2,1H3. The van der Waals surface area contributed by atoms with Crippen molar-refractivity contribution in [3.8, 4) is 11.8 Å². The van der Waals surface area contributed by atoms with Crippen LogP contribution in [0.25, 0.3) is 0 Å². The van der Waals surface area contributed by atoms with Crippen LogP contribution in [-0.2, 0) is 0 Å². The van der Waals surface area contributed by atoms with Crippen molar-refractivity contribution < 1.29 is 4.74 Å². The summed E-state index contributed by atoms with van der Waals surface area (Å²) in [5.74, 6) is 1.69. The molecule has 0 amide bonds. The van der Waals surface area contributed by atoms with E-state index in [9.17, 15) is 0 Å². The minimum Gasteiger partial charge on any atom is -0.494 e. The lowest BCUT2D eigenvalue weighted by molar-refractivity contribution is 0.258. The van der Waals surface area contributed by atoms with Gasteiger partial charge in [-0.3, -0.25) is 0 Å². The first-order valence-corrected chi connectivity index (χ1v) is 7.17. The molecule has 1 aliphatic heterocycles. The fourth-order valence-electron chi connectivity index (χ4n) is 2.58. The number of nitriles is 1. The van der Waals surface area contributed by atoms with Crippen molar-refractivity contribution >= 4 is 0 Å². The third-order valence-electron chi connectivity index (χ3n) is 3.80. The van der Waals surface area contributed by atoms with E-state index >= 15 is 0 Å². The minimum atomic E-state index is 0.655. The molecule has 0 spiro atoms. The SMILES string of the molecule is CCC1CCN(CCCOc2cccc(C#N)c2)C1. The number of hydrogen-bond acceptors (Lipinski definition) is 3. The number of hydrogen-bond donors (Lipinski definition) is 0. The summed E-state index contributed by atoms with van der Waals surface area (Å²) in [5, 5.41) is 8.81. The summed E-state index contributed by atoms with van der Waals surface area (Å²) >= 11 is 0. The Morgan fingerprint density at radius 2 is 2.37 bits per heavy atom. The predicted octanol–water partition coefficient (Wildman–Crippen LogP) is 3.06. The monoisotopic (exact) mass is 258 g/mol. The van der Waals surface area contributed by atoms with Gasteiger partial charge in [0.15, 0.2) is 0 Å². The molecule has 19 heavy (non-hydrogen) atoms. The Morgan fingerprint density at radius 1 is 1.47 bits per heavy atom. The van der Waals surface area contributed by atoms with E-state index < -0.39 is 0 Å². The topological polar surface area (TPSA) is 36.3 Å². The molecule has 1 unspecified atom stereocenters. The number of ether oxygens (including phenoxy) is 1.